The number of benzene rings is 1. The topological polar surface area (TPSA) is 146 Å². The number of nitrogens with two attached hydrogens (primary N) is 1. The standard InChI is InChI=1S/C31H30ClN9O3/c1-4-40-18(2)27(31(43)41(40)25-8-6-5-7-22(25)32)30(42)37-20-9-10-23(35-14-20)28-29(33)36-15-24(38-28)19-11-12-34-26(13-19)39-16-21(17-39)44-3/h5-15,21H,4,16-17H2,1-3H3,(H2,33,36)(H,37,42). The van der Waals surface area contributed by atoms with Crippen LogP contribution in [0.15, 0.2) is 71.9 Å². The van der Waals surface area contributed by atoms with E-state index in [1.165, 1.54) is 10.9 Å². The Morgan fingerprint density at radius 3 is 2.59 bits per heavy atom. The van der Waals surface area contributed by atoms with E-state index in [0.29, 0.717) is 45.7 Å². The average Bonchev–Trinajstić information content (AvgIpc) is 3.26. The van der Waals surface area contributed by atoms with Crippen LogP contribution in [0.4, 0.5) is 17.3 Å². The summed E-state index contributed by atoms with van der Waals surface area (Å²) in [6.07, 6.45) is 5.04. The number of rotatable bonds is 8. The summed E-state index contributed by atoms with van der Waals surface area (Å²) < 4.78 is 8.51. The molecule has 13 heteroatoms. The number of carbonyl (C=O) groups excluding carboxylic acids is 1. The molecule has 6 rings (SSSR count). The third-order valence-corrected chi connectivity index (χ3v) is 7.93. The van der Waals surface area contributed by atoms with Gasteiger partial charge in [-0.25, -0.2) is 19.6 Å². The zero-order chi connectivity index (χ0) is 31.0. The van der Waals surface area contributed by atoms with Crippen LogP contribution in [0.1, 0.15) is 23.0 Å². The van der Waals surface area contributed by atoms with Crippen molar-refractivity contribution >= 4 is 34.8 Å². The van der Waals surface area contributed by atoms with Crippen molar-refractivity contribution in [2.45, 2.75) is 26.5 Å². The molecule has 0 aliphatic carbocycles. The Balaban J connectivity index is 1.24. The Bertz CT molecular complexity index is 1910. The Morgan fingerprint density at radius 1 is 1.09 bits per heavy atom. The molecule has 3 N–H and O–H groups in total. The Labute approximate surface area is 258 Å². The van der Waals surface area contributed by atoms with Gasteiger partial charge in [0.1, 0.15) is 17.1 Å². The molecule has 5 aromatic rings. The van der Waals surface area contributed by atoms with E-state index in [2.05, 4.69) is 25.2 Å². The van der Waals surface area contributed by atoms with E-state index in [-0.39, 0.29) is 17.5 Å². The number of hydrogen-bond donors (Lipinski definition) is 2. The van der Waals surface area contributed by atoms with E-state index in [1.807, 2.05) is 19.1 Å². The second-order valence-electron chi connectivity index (χ2n) is 10.3. The third-order valence-electron chi connectivity index (χ3n) is 7.62. The number of hydrogen-bond acceptors (Lipinski definition) is 9. The molecular formula is C31H30ClN9O3. The number of amides is 1. The van der Waals surface area contributed by atoms with Gasteiger partial charge in [0.25, 0.3) is 11.5 Å². The highest BCUT2D eigenvalue weighted by Gasteiger charge is 2.28. The van der Waals surface area contributed by atoms with Gasteiger partial charge in [-0.15, -0.1) is 0 Å². The van der Waals surface area contributed by atoms with Gasteiger partial charge in [-0.1, -0.05) is 23.7 Å². The van der Waals surface area contributed by atoms with Crippen molar-refractivity contribution in [3.8, 4) is 28.3 Å². The van der Waals surface area contributed by atoms with Crippen molar-refractivity contribution in [3.63, 3.8) is 0 Å². The summed E-state index contributed by atoms with van der Waals surface area (Å²) >= 11 is 6.38. The smallest absolute Gasteiger partial charge is 0.284 e. The lowest BCUT2D eigenvalue weighted by Gasteiger charge is -2.39. The molecule has 0 bridgehead atoms. The summed E-state index contributed by atoms with van der Waals surface area (Å²) in [5.41, 5.74) is 9.49. The number of halogens is 1. The number of anilines is 3. The molecule has 44 heavy (non-hydrogen) atoms. The number of ether oxygens (including phenoxy) is 1. The molecule has 5 heterocycles. The van der Waals surface area contributed by atoms with Crippen LogP contribution in [0, 0.1) is 6.92 Å². The molecule has 0 saturated carbocycles. The Hall–Kier alpha value is -5.07. The van der Waals surface area contributed by atoms with Crippen molar-refractivity contribution in [3.05, 3.63) is 93.8 Å². The van der Waals surface area contributed by atoms with Crippen molar-refractivity contribution in [2.75, 3.05) is 36.1 Å². The third kappa shape index (κ3) is 5.29. The molecule has 1 amide bonds. The normalized spacial score (nSPS) is 13.1. The first-order chi connectivity index (χ1) is 21.3. The van der Waals surface area contributed by atoms with Crippen LogP contribution in [-0.4, -0.2) is 61.5 Å². The fourth-order valence-electron chi connectivity index (χ4n) is 5.20. The Kier molecular flexibility index (Phi) is 7.85. The van der Waals surface area contributed by atoms with Gasteiger partial charge in [-0.05, 0) is 50.2 Å². The minimum absolute atomic E-state index is 0.0198. The predicted molar refractivity (Wildman–Crippen MR) is 169 cm³/mol. The molecule has 0 radical (unpaired) electrons. The quantitative estimate of drug-likeness (QED) is 0.263. The van der Waals surface area contributed by atoms with Crippen molar-refractivity contribution in [1.82, 2.24) is 29.3 Å². The summed E-state index contributed by atoms with van der Waals surface area (Å²) in [6, 6.07) is 14.2. The van der Waals surface area contributed by atoms with Gasteiger partial charge >= 0.3 is 0 Å². The molecule has 1 aliphatic heterocycles. The van der Waals surface area contributed by atoms with Crippen LogP contribution in [-0.2, 0) is 11.3 Å². The molecule has 4 aromatic heterocycles. The van der Waals surface area contributed by atoms with E-state index in [1.54, 1.807) is 67.5 Å². The first kappa shape index (κ1) is 29.0. The van der Waals surface area contributed by atoms with E-state index >= 15 is 0 Å². The molecule has 1 aromatic carbocycles. The fourth-order valence-corrected chi connectivity index (χ4v) is 5.42. The second kappa shape index (κ2) is 11.9. The number of carbonyl (C=O) groups is 1. The summed E-state index contributed by atoms with van der Waals surface area (Å²) in [5, 5.41) is 3.19. The average molecular weight is 612 g/mol. The van der Waals surface area contributed by atoms with Crippen LogP contribution < -0.4 is 21.5 Å². The van der Waals surface area contributed by atoms with E-state index in [0.717, 1.165) is 24.5 Å². The van der Waals surface area contributed by atoms with Crippen LogP contribution >= 0.6 is 11.6 Å². The van der Waals surface area contributed by atoms with E-state index in [4.69, 9.17) is 27.1 Å². The zero-order valence-corrected chi connectivity index (χ0v) is 25.1. The molecule has 224 valence electrons. The van der Waals surface area contributed by atoms with Crippen molar-refractivity contribution < 1.29 is 9.53 Å². The number of pyridine rings is 2. The highest BCUT2D eigenvalue weighted by Crippen LogP contribution is 2.28. The zero-order valence-electron chi connectivity index (χ0n) is 24.4. The number of methoxy groups -OCH3 is 1. The van der Waals surface area contributed by atoms with Gasteiger partial charge in [-0.3, -0.25) is 19.3 Å². The van der Waals surface area contributed by atoms with Gasteiger partial charge in [0.15, 0.2) is 5.82 Å². The van der Waals surface area contributed by atoms with Gasteiger partial charge in [-0.2, -0.15) is 0 Å². The minimum Gasteiger partial charge on any atom is -0.382 e. The summed E-state index contributed by atoms with van der Waals surface area (Å²) in [7, 11) is 1.71. The number of nitrogen functional groups attached to an aromatic ring is 1. The lowest BCUT2D eigenvalue weighted by Crippen LogP contribution is -2.52. The van der Waals surface area contributed by atoms with Crippen molar-refractivity contribution in [1.29, 1.82) is 0 Å². The van der Waals surface area contributed by atoms with E-state index in [9.17, 15) is 9.59 Å². The molecule has 0 spiro atoms. The molecular weight excluding hydrogens is 582 g/mol. The minimum atomic E-state index is -0.552. The summed E-state index contributed by atoms with van der Waals surface area (Å²) in [5.74, 6) is 0.496. The maximum absolute atomic E-state index is 13.5. The van der Waals surface area contributed by atoms with Crippen LogP contribution in [0.2, 0.25) is 5.02 Å². The van der Waals surface area contributed by atoms with Gasteiger partial charge in [0.05, 0.1) is 52.0 Å². The van der Waals surface area contributed by atoms with Crippen LogP contribution in [0.3, 0.4) is 0 Å². The maximum Gasteiger partial charge on any atom is 0.284 e. The fraction of sp³-hybridized carbons (Fsp3) is 0.226. The van der Waals surface area contributed by atoms with Crippen LogP contribution in [0.5, 0.6) is 0 Å². The number of nitrogens with one attached hydrogen (secondary N) is 1. The summed E-state index contributed by atoms with van der Waals surface area (Å²) in [6.45, 7) is 5.64. The molecule has 0 unspecified atom stereocenters. The first-order valence-electron chi connectivity index (χ1n) is 14.0. The van der Waals surface area contributed by atoms with E-state index < -0.39 is 11.5 Å². The second-order valence-corrected chi connectivity index (χ2v) is 10.7. The highest BCUT2D eigenvalue weighted by molar-refractivity contribution is 6.32. The Morgan fingerprint density at radius 2 is 1.89 bits per heavy atom. The number of aromatic nitrogens is 6. The predicted octanol–water partition coefficient (Wildman–Crippen LogP) is 4.20. The summed E-state index contributed by atoms with van der Waals surface area (Å²) in [4.78, 5) is 47.0. The highest BCUT2D eigenvalue weighted by atomic mass is 35.5. The lowest BCUT2D eigenvalue weighted by molar-refractivity contribution is 0.0783. The molecule has 1 aliphatic rings. The van der Waals surface area contributed by atoms with Gasteiger partial charge in [0, 0.05) is 38.5 Å². The first-order valence-corrected chi connectivity index (χ1v) is 14.4. The molecule has 12 nitrogen and oxygen atoms in total. The lowest BCUT2D eigenvalue weighted by atomic mass is 10.1. The number of nitrogens with zero attached hydrogens (tertiary/aromatic N) is 7. The maximum atomic E-state index is 13.5. The molecule has 1 fully saturated rings. The molecule has 1 saturated heterocycles. The SMILES string of the molecule is CCn1c(C)c(C(=O)Nc2ccc(-c3nc(-c4ccnc(N5CC(OC)C5)c4)cnc3N)nc2)c(=O)n1-c1ccccc1Cl. The monoisotopic (exact) mass is 611 g/mol. The van der Waals surface area contributed by atoms with Crippen LogP contribution in [0.25, 0.3) is 28.3 Å². The largest absolute Gasteiger partial charge is 0.382 e. The van der Waals surface area contributed by atoms with Gasteiger partial charge in [0.2, 0.25) is 0 Å². The van der Waals surface area contributed by atoms with Gasteiger partial charge < -0.3 is 20.7 Å². The molecule has 0 atom stereocenters. The van der Waals surface area contributed by atoms with Crippen molar-refractivity contribution in [2.24, 2.45) is 0 Å². The number of para-hydroxylation sites is 1.